The van der Waals surface area contributed by atoms with E-state index in [1.54, 1.807) is 0 Å². The van der Waals surface area contributed by atoms with Gasteiger partial charge in [0.25, 0.3) is 0 Å². The second kappa shape index (κ2) is 7.34. The van der Waals surface area contributed by atoms with Crippen molar-refractivity contribution in [3.05, 3.63) is 18.5 Å². The number of aryl methyl sites for hydroxylation is 1. The fraction of sp³-hybridized carbons (Fsp3) is 0.765. The molecule has 0 saturated heterocycles. The number of aliphatic imine (C=N–C) groups is 1. The Labute approximate surface area is 138 Å². The van der Waals surface area contributed by atoms with Crippen LogP contribution < -0.4 is 10.6 Å². The van der Waals surface area contributed by atoms with Crippen LogP contribution >= 0.6 is 0 Å². The summed E-state index contributed by atoms with van der Waals surface area (Å²) in [5.41, 5.74) is 0.364. The van der Waals surface area contributed by atoms with Gasteiger partial charge in [-0.15, -0.1) is 0 Å². The molecule has 0 aliphatic heterocycles. The van der Waals surface area contributed by atoms with Crippen LogP contribution in [0.1, 0.15) is 39.0 Å². The lowest BCUT2D eigenvalue weighted by atomic mass is 9.51. The summed E-state index contributed by atoms with van der Waals surface area (Å²) >= 11 is 0. The van der Waals surface area contributed by atoms with Crippen LogP contribution in [0.5, 0.6) is 0 Å². The highest BCUT2D eigenvalue weighted by atomic mass is 16.5. The fourth-order valence-corrected chi connectivity index (χ4v) is 3.88. The monoisotopic (exact) mass is 319 g/mol. The minimum atomic E-state index is 0.364. The molecule has 0 radical (unpaired) electrons. The average Bonchev–Trinajstić information content (AvgIpc) is 3.00. The van der Waals surface area contributed by atoms with Crippen LogP contribution in [0.4, 0.5) is 0 Å². The Hall–Kier alpha value is -1.56. The Bertz CT molecular complexity index is 509. The summed E-state index contributed by atoms with van der Waals surface area (Å²) in [6.45, 7) is 4.73. The molecule has 1 aromatic heterocycles. The maximum Gasteiger partial charge on any atom is 0.191 e. The quantitative estimate of drug-likeness (QED) is 0.457. The van der Waals surface area contributed by atoms with Crippen molar-refractivity contribution in [2.45, 2.75) is 57.7 Å². The number of aromatic nitrogens is 2. The first kappa shape index (κ1) is 16.3. The molecule has 23 heavy (non-hydrogen) atoms. The summed E-state index contributed by atoms with van der Waals surface area (Å²) in [4.78, 5) is 4.37. The van der Waals surface area contributed by atoms with E-state index in [0.717, 1.165) is 38.5 Å². The molecule has 2 unspecified atom stereocenters. The summed E-state index contributed by atoms with van der Waals surface area (Å²) in [5, 5.41) is 11.3. The standard InChI is InChI=1S/C17H29N5O/c1-3-23-15-13-14(17(15)7-4-8-17)21-16(18-2)19-9-5-11-22-12-6-10-20-22/h6,10,12,14-15H,3-5,7-9,11,13H2,1-2H3,(H2,18,19,21). The second-order valence-electron chi connectivity index (χ2n) is 6.59. The van der Waals surface area contributed by atoms with Crippen molar-refractivity contribution < 1.29 is 4.74 Å². The highest BCUT2D eigenvalue weighted by Crippen LogP contribution is 2.57. The van der Waals surface area contributed by atoms with Gasteiger partial charge in [0.2, 0.25) is 0 Å². The molecule has 2 saturated carbocycles. The number of ether oxygens (including phenoxy) is 1. The molecule has 1 aromatic rings. The molecule has 0 aromatic carbocycles. The third-order valence-electron chi connectivity index (χ3n) is 5.39. The van der Waals surface area contributed by atoms with E-state index in [2.05, 4.69) is 27.6 Å². The van der Waals surface area contributed by atoms with Crippen LogP contribution in [0.25, 0.3) is 0 Å². The van der Waals surface area contributed by atoms with E-state index < -0.39 is 0 Å². The van der Waals surface area contributed by atoms with Gasteiger partial charge in [0.15, 0.2) is 5.96 Å². The minimum absolute atomic E-state index is 0.364. The van der Waals surface area contributed by atoms with Gasteiger partial charge < -0.3 is 15.4 Å². The predicted molar refractivity (Wildman–Crippen MR) is 91.4 cm³/mol. The lowest BCUT2D eigenvalue weighted by Gasteiger charge is -2.61. The fourth-order valence-electron chi connectivity index (χ4n) is 3.88. The van der Waals surface area contributed by atoms with Crippen LogP contribution in [0.15, 0.2) is 23.5 Å². The van der Waals surface area contributed by atoms with Crippen LogP contribution in [-0.4, -0.2) is 48.1 Å². The van der Waals surface area contributed by atoms with Gasteiger partial charge in [0.1, 0.15) is 0 Å². The zero-order chi connectivity index (χ0) is 16.1. The second-order valence-corrected chi connectivity index (χ2v) is 6.59. The molecule has 2 atom stereocenters. The van der Waals surface area contributed by atoms with E-state index in [9.17, 15) is 0 Å². The lowest BCUT2D eigenvalue weighted by Crippen LogP contribution is -2.68. The zero-order valence-electron chi connectivity index (χ0n) is 14.3. The van der Waals surface area contributed by atoms with Crippen molar-refractivity contribution in [2.75, 3.05) is 20.2 Å². The molecule has 0 amide bonds. The largest absolute Gasteiger partial charge is 0.378 e. The molecule has 1 spiro atoms. The smallest absolute Gasteiger partial charge is 0.191 e. The molecule has 6 nitrogen and oxygen atoms in total. The van der Waals surface area contributed by atoms with Crippen LogP contribution in [0, 0.1) is 5.41 Å². The predicted octanol–water partition coefficient (Wildman–Crippen LogP) is 1.79. The number of rotatable bonds is 7. The Balaban J connectivity index is 1.41. The molecule has 6 heteroatoms. The van der Waals surface area contributed by atoms with Crippen molar-refractivity contribution >= 4 is 5.96 Å². The van der Waals surface area contributed by atoms with E-state index in [0.29, 0.717) is 17.6 Å². The first-order chi connectivity index (χ1) is 11.3. The number of nitrogens with zero attached hydrogens (tertiary/aromatic N) is 3. The molecular weight excluding hydrogens is 290 g/mol. The molecular formula is C17H29N5O. The third-order valence-corrected chi connectivity index (χ3v) is 5.39. The molecule has 2 aliphatic rings. The summed E-state index contributed by atoms with van der Waals surface area (Å²) in [6, 6.07) is 2.46. The highest BCUT2D eigenvalue weighted by Gasteiger charge is 2.59. The van der Waals surface area contributed by atoms with E-state index in [1.807, 2.05) is 30.2 Å². The normalized spacial score (nSPS) is 25.7. The Morgan fingerprint density at radius 2 is 2.35 bits per heavy atom. The molecule has 3 rings (SSSR count). The first-order valence-electron chi connectivity index (χ1n) is 8.84. The van der Waals surface area contributed by atoms with Gasteiger partial charge in [-0.3, -0.25) is 9.67 Å². The van der Waals surface area contributed by atoms with Crippen molar-refractivity contribution in [1.29, 1.82) is 0 Å². The maximum absolute atomic E-state index is 5.91. The van der Waals surface area contributed by atoms with Gasteiger partial charge in [0.05, 0.1) is 6.10 Å². The SMILES string of the molecule is CCOC1CC(NC(=NC)NCCCn2cccn2)C12CCC2. The number of hydrogen-bond donors (Lipinski definition) is 2. The van der Waals surface area contributed by atoms with Gasteiger partial charge in [-0.1, -0.05) is 6.42 Å². The third kappa shape index (κ3) is 3.37. The van der Waals surface area contributed by atoms with Gasteiger partial charge in [-0.05, 0) is 38.7 Å². The molecule has 2 N–H and O–H groups in total. The van der Waals surface area contributed by atoms with Gasteiger partial charge >= 0.3 is 0 Å². The van der Waals surface area contributed by atoms with E-state index >= 15 is 0 Å². The molecule has 0 bridgehead atoms. The summed E-state index contributed by atoms with van der Waals surface area (Å²) in [5.74, 6) is 0.914. The van der Waals surface area contributed by atoms with Crippen molar-refractivity contribution in [3.63, 3.8) is 0 Å². The van der Waals surface area contributed by atoms with Crippen molar-refractivity contribution in [1.82, 2.24) is 20.4 Å². The number of nitrogens with one attached hydrogen (secondary N) is 2. The molecule has 128 valence electrons. The summed E-state index contributed by atoms with van der Waals surface area (Å²) in [6.07, 6.45) is 10.3. The average molecular weight is 319 g/mol. The number of hydrogen-bond acceptors (Lipinski definition) is 3. The van der Waals surface area contributed by atoms with E-state index in [1.165, 1.54) is 19.3 Å². The minimum Gasteiger partial charge on any atom is -0.378 e. The Kier molecular flexibility index (Phi) is 5.20. The van der Waals surface area contributed by atoms with Crippen LogP contribution in [0.2, 0.25) is 0 Å². The zero-order valence-corrected chi connectivity index (χ0v) is 14.3. The Morgan fingerprint density at radius 1 is 1.48 bits per heavy atom. The first-order valence-corrected chi connectivity index (χ1v) is 8.84. The maximum atomic E-state index is 5.91. The number of guanidine groups is 1. The van der Waals surface area contributed by atoms with Crippen molar-refractivity contribution in [3.8, 4) is 0 Å². The lowest BCUT2D eigenvalue weighted by molar-refractivity contribution is -0.168. The summed E-state index contributed by atoms with van der Waals surface area (Å²) < 4.78 is 7.87. The molecule has 2 fully saturated rings. The van der Waals surface area contributed by atoms with Crippen LogP contribution in [0.3, 0.4) is 0 Å². The topological polar surface area (TPSA) is 63.5 Å². The van der Waals surface area contributed by atoms with Gasteiger partial charge in [-0.2, -0.15) is 5.10 Å². The van der Waals surface area contributed by atoms with E-state index in [-0.39, 0.29) is 0 Å². The van der Waals surface area contributed by atoms with Crippen LogP contribution in [-0.2, 0) is 11.3 Å². The van der Waals surface area contributed by atoms with Gasteiger partial charge in [0, 0.05) is 50.6 Å². The highest BCUT2D eigenvalue weighted by molar-refractivity contribution is 5.80. The van der Waals surface area contributed by atoms with Crippen molar-refractivity contribution in [2.24, 2.45) is 10.4 Å². The van der Waals surface area contributed by atoms with E-state index in [4.69, 9.17) is 4.74 Å². The molecule has 1 heterocycles. The van der Waals surface area contributed by atoms with Gasteiger partial charge in [-0.25, -0.2) is 0 Å². The Morgan fingerprint density at radius 3 is 2.96 bits per heavy atom. The summed E-state index contributed by atoms with van der Waals surface area (Å²) in [7, 11) is 1.84. The molecule has 2 aliphatic carbocycles.